The maximum absolute atomic E-state index is 15.3. The fraction of sp³-hybridized carbons (Fsp3) is 0.190. The van der Waals surface area contributed by atoms with Crippen molar-refractivity contribution in [3.63, 3.8) is 0 Å². The molecule has 0 saturated carbocycles. The molecule has 0 unspecified atom stereocenters. The van der Waals surface area contributed by atoms with E-state index >= 15 is 8.78 Å². The zero-order valence-electron chi connectivity index (χ0n) is 13.9. The van der Waals surface area contributed by atoms with Gasteiger partial charge >= 0.3 is 0 Å². The van der Waals surface area contributed by atoms with Crippen LogP contribution in [0.15, 0.2) is 54.7 Å². The molecule has 24 heavy (non-hydrogen) atoms. The van der Waals surface area contributed by atoms with Gasteiger partial charge in [-0.3, -0.25) is 0 Å². The van der Waals surface area contributed by atoms with Gasteiger partial charge in [0.15, 0.2) is 6.20 Å². The standard InChI is InChI=1S/C21H18F2N/c1-13-7-10-17-16(12-13)15-9-8-14(2)19(20(15)21(17,22)23)18-6-4-5-11-24(18)3/h4-12H,1-3H3/q+1. The minimum atomic E-state index is -2.98. The van der Waals surface area contributed by atoms with Crippen LogP contribution in [0.3, 0.4) is 0 Å². The summed E-state index contributed by atoms with van der Waals surface area (Å²) < 4.78 is 32.5. The second-order valence-corrected chi connectivity index (χ2v) is 6.50. The number of aromatic nitrogens is 1. The molecular formula is C21H18F2N+. The predicted octanol–water partition coefficient (Wildman–Crippen LogP) is 4.92. The fourth-order valence-corrected chi connectivity index (χ4v) is 3.66. The van der Waals surface area contributed by atoms with E-state index in [1.807, 2.05) is 68.1 Å². The second-order valence-electron chi connectivity index (χ2n) is 6.50. The summed E-state index contributed by atoms with van der Waals surface area (Å²) in [6.45, 7) is 3.83. The molecule has 2 aromatic carbocycles. The molecule has 0 bridgehead atoms. The molecule has 0 spiro atoms. The van der Waals surface area contributed by atoms with Crippen molar-refractivity contribution in [2.45, 2.75) is 19.8 Å². The second kappa shape index (κ2) is 4.97. The molecule has 1 aliphatic carbocycles. The van der Waals surface area contributed by atoms with E-state index in [4.69, 9.17) is 0 Å². The van der Waals surface area contributed by atoms with Crippen LogP contribution in [0.25, 0.3) is 22.4 Å². The van der Waals surface area contributed by atoms with Gasteiger partial charge in [-0.25, -0.2) is 4.57 Å². The smallest absolute Gasteiger partial charge is 0.201 e. The number of alkyl halides is 2. The fourth-order valence-electron chi connectivity index (χ4n) is 3.66. The highest BCUT2D eigenvalue weighted by Gasteiger charge is 2.47. The van der Waals surface area contributed by atoms with Crippen LogP contribution in [-0.2, 0) is 13.0 Å². The number of rotatable bonds is 1. The van der Waals surface area contributed by atoms with Crippen molar-refractivity contribution in [3.05, 3.63) is 77.0 Å². The summed E-state index contributed by atoms with van der Waals surface area (Å²) in [4.78, 5) is 0. The highest BCUT2D eigenvalue weighted by atomic mass is 19.3. The first-order valence-electron chi connectivity index (χ1n) is 7.99. The lowest BCUT2D eigenvalue weighted by molar-refractivity contribution is -0.660. The topological polar surface area (TPSA) is 3.88 Å². The van der Waals surface area contributed by atoms with Crippen LogP contribution in [-0.4, -0.2) is 0 Å². The first-order valence-corrected chi connectivity index (χ1v) is 7.99. The van der Waals surface area contributed by atoms with E-state index in [1.165, 1.54) is 0 Å². The molecule has 0 saturated heterocycles. The Morgan fingerprint density at radius 3 is 2.46 bits per heavy atom. The molecule has 3 heteroatoms. The van der Waals surface area contributed by atoms with Gasteiger partial charge in [-0.1, -0.05) is 35.9 Å². The third-order valence-corrected chi connectivity index (χ3v) is 4.84. The largest absolute Gasteiger partial charge is 0.300 e. The van der Waals surface area contributed by atoms with E-state index < -0.39 is 5.92 Å². The Morgan fingerprint density at radius 1 is 0.917 bits per heavy atom. The molecule has 1 aromatic heterocycles. The predicted molar refractivity (Wildman–Crippen MR) is 91.0 cm³/mol. The van der Waals surface area contributed by atoms with Crippen LogP contribution >= 0.6 is 0 Å². The van der Waals surface area contributed by atoms with E-state index in [2.05, 4.69) is 0 Å². The summed E-state index contributed by atoms with van der Waals surface area (Å²) in [6, 6.07) is 14.6. The van der Waals surface area contributed by atoms with E-state index in [-0.39, 0.29) is 11.1 Å². The SMILES string of the molecule is Cc1ccc2c(c1)-c1ccc(C)c(-c3cccc[n+]3C)c1C2(F)F. The van der Waals surface area contributed by atoms with Crippen molar-refractivity contribution in [2.75, 3.05) is 0 Å². The Hall–Kier alpha value is -2.55. The molecule has 0 amide bonds. The van der Waals surface area contributed by atoms with Gasteiger partial charge in [0.25, 0.3) is 5.92 Å². The summed E-state index contributed by atoms with van der Waals surface area (Å²) in [5, 5.41) is 0. The molecule has 0 radical (unpaired) electrons. The molecule has 1 nitrogen and oxygen atoms in total. The number of hydrogen-bond acceptors (Lipinski definition) is 0. The molecule has 0 fully saturated rings. The van der Waals surface area contributed by atoms with Crippen LogP contribution in [0.5, 0.6) is 0 Å². The molecule has 3 aromatic rings. The maximum Gasteiger partial charge on any atom is 0.300 e. The van der Waals surface area contributed by atoms with E-state index in [1.54, 1.807) is 12.1 Å². The van der Waals surface area contributed by atoms with Crippen LogP contribution in [0.2, 0.25) is 0 Å². The minimum absolute atomic E-state index is 0.105. The highest BCUT2D eigenvalue weighted by Crippen LogP contribution is 2.54. The average Bonchev–Trinajstić information content (AvgIpc) is 2.76. The van der Waals surface area contributed by atoms with Crippen LogP contribution < -0.4 is 4.57 Å². The summed E-state index contributed by atoms with van der Waals surface area (Å²) in [6.07, 6.45) is 1.89. The number of nitrogens with zero attached hydrogens (tertiary/aromatic N) is 1. The Kier molecular flexibility index (Phi) is 3.11. The monoisotopic (exact) mass is 322 g/mol. The highest BCUT2D eigenvalue weighted by molar-refractivity contribution is 5.87. The van der Waals surface area contributed by atoms with Gasteiger partial charge in [-0.2, -0.15) is 8.78 Å². The molecule has 0 aliphatic heterocycles. The summed E-state index contributed by atoms with van der Waals surface area (Å²) >= 11 is 0. The van der Waals surface area contributed by atoms with Gasteiger partial charge in [0.2, 0.25) is 5.69 Å². The molecular weight excluding hydrogens is 304 g/mol. The number of fused-ring (bicyclic) bond motifs is 3. The number of pyridine rings is 1. The maximum atomic E-state index is 15.3. The lowest BCUT2D eigenvalue weighted by Gasteiger charge is -2.17. The Bertz CT molecular complexity index is 974. The van der Waals surface area contributed by atoms with Crippen molar-refractivity contribution in [1.82, 2.24) is 0 Å². The number of benzene rings is 2. The minimum Gasteiger partial charge on any atom is -0.201 e. The van der Waals surface area contributed by atoms with Crippen molar-refractivity contribution in [1.29, 1.82) is 0 Å². The molecule has 0 atom stereocenters. The zero-order valence-corrected chi connectivity index (χ0v) is 13.9. The molecule has 120 valence electrons. The van der Waals surface area contributed by atoms with Crippen molar-refractivity contribution in [2.24, 2.45) is 7.05 Å². The van der Waals surface area contributed by atoms with Gasteiger partial charge in [0.05, 0.1) is 5.56 Å². The van der Waals surface area contributed by atoms with Crippen LogP contribution in [0.4, 0.5) is 8.78 Å². The van der Waals surface area contributed by atoms with Crippen LogP contribution in [0, 0.1) is 13.8 Å². The molecule has 4 rings (SSSR count). The third kappa shape index (κ3) is 1.94. The molecule has 1 heterocycles. The van der Waals surface area contributed by atoms with E-state index in [9.17, 15) is 0 Å². The molecule has 0 N–H and O–H groups in total. The van der Waals surface area contributed by atoms with E-state index in [0.29, 0.717) is 16.7 Å². The summed E-state index contributed by atoms with van der Waals surface area (Å²) in [7, 11) is 1.89. The Morgan fingerprint density at radius 2 is 1.71 bits per heavy atom. The Balaban J connectivity index is 2.11. The van der Waals surface area contributed by atoms with Crippen molar-refractivity contribution >= 4 is 0 Å². The van der Waals surface area contributed by atoms with E-state index in [0.717, 1.165) is 16.8 Å². The van der Waals surface area contributed by atoms with Gasteiger partial charge in [-0.15, -0.1) is 0 Å². The summed E-state index contributed by atoms with van der Waals surface area (Å²) in [5.41, 5.74) is 4.81. The van der Waals surface area contributed by atoms with Crippen molar-refractivity contribution < 1.29 is 13.3 Å². The lowest BCUT2D eigenvalue weighted by atomic mass is 9.92. The molecule has 1 aliphatic rings. The van der Waals surface area contributed by atoms with Gasteiger partial charge < -0.3 is 0 Å². The van der Waals surface area contributed by atoms with Crippen LogP contribution in [0.1, 0.15) is 22.3 Å². The number of halogens is 2. The third-order valence-electron chi connectivity index (χ3n) is 4.84. The lowest BCUT2D eigenvalue weighted by Crippen LogP contribution is -2.31. The van der Waals surface area contributed by atoms with Gasteiger partial charge in [-0.05, 0) is 36.6 Å². The van der Waals surface area contributed by atoms with Gasteiger partial charge in [0, 0.05) is 23.3 Å². The van der Waals surface area contributed by atoms with Crippen molar-refractivity contribution in [3.8, 4) is 22.4 Å². The first kappa shape index (κ1) is 15.0. The summed E-state index contributed by atoms with van der Waals surface area (Å²) in [5.74, 6) is -2.98. The quantitative estimate of drug-likeness (QED) is 0.560. The zero-order chi connectivity index (χ0) is 17.1. The Labute approximate surface area is 140 Å². The first-order chi connectivity index (χ1) is 11.4. The van der Waals surface area contributed by atoms with Gasteiger partial charge in [0.1, 0.15) is 7.05 Å². The normalized spacial score (nSPS) is 14.4. The number of aryl methyl sites for hydroxylation is 3. The number of hydrogen-bond donors (Lipinski definition) is 0. The average molecular weight is 322 g/mol.